The van der Waals surface area contributed by atoms with Crippen molar-refractivity contribution in [3.8, 4) is 5.75 Å². The second-order valence-electron chi connectivity index (χ2n) is 4.86. The highest BCUT2D eigenvalue weighted by molar-refractivity contribution is 6.37. The summed E-state index contributed by atoms with van der Waals surface area (Å²) in [5, 5.41) is 13.5. The van der Waals surface area contributed by atoms with Crippen LogP contribution in [0, 0.1) is 0 Å². The second kappa shape index (κ2) is 6.00. The molecule has 0 aromatic heterocycles. The molecular formula is C13H18Cl2N2O. The maximum atomic E-state index is 9.52. The van der Waals surface area contributed by atoms with Crippen molar-refractivity contribution < 1.29 is 5.11 Å². The predicted molar refractivity (Wildman–Crippen MR) is 76.9 cm³/mol. The van der Waals surface area contributed by atoms with E-state index in [-0.39, 0.29) is 15.8 Å². The van der Waals surface area contributed by atoms with Gasteiger partial charge in [-0.1, -0.05) is 23.2 Å². The molecule has 0 amide bonds. The minimum absolute atomic E-state index is 0.0514. The summed E-state index contributed by atoms with van der Waals surface area (Å²) >= 11 is 11.8. The number of likely N-dealkylation sites (tertiary alicyclic amines) is 1. The van der Waals surface area contributed by atoms with Crippen LogP contribution in [-0.4, -0.2) is 36.2 Å². The Kier molecular flexibility index (Phi) is 4.60. The Labute approximate surface area is 118 Å². The molecule has 0 aliphatic carbocycles. The van der Waals surface area contributed by atoms with E-state index in [1.807, 2.05) is 0 Å². The summed E-state index contributed by atoms with van der Waals surface area (Å²) in [6.45, 7) is 2.24. The summed E-state index contributed by atoms with van der Waals surface area (Å²) in [5.74, 6) is -0.0514. The van der Waals surface area contributed by atoms with Gasteiger partial charge in [0, 0.05) is 11.7 Å². The lowest BCUT2D eigenvalue weighted by atomic mass is 10.1. The van der Waals surface area contributed by atoms with Crippen molar-refractivity contribution in [1.29, 1.82) is 0 Å². The normalized spacial score (nSPS) is 21.6. The third-order valence-electron chi connectivity index (χ3n) is 3.34. The van der Waals surface area contributed by atoms with Gasteiger partial charge in [-0.25, -0.2) is 0 Å². The van der Waals surface area contributed by atoms with Gasteiger partial charge >= 0.3 is 0 Å². The minimum Gasteiger partial charge on any atom is -0.505 e. The topological polar surface area (TPSA) is 35.5 Å². The number of nitrogens with zero attached hydrogens (tertiary/aromatic N) is 1. The SMILES string of the molecule is CN1CCCC(Nc2cc(Cl)c(O)c(Cl)c2)CC1. The van der Waals surface area contributed by atoms with E-state index >= 15 is 0 Å². The average molecular weight is 289 g/mol. The van der Waals surface area contributed by atoms with E-state index in [1.165, 1.54) is 6.42 Å². The van der Waals surface area contributed by atoms with Gasteiger partial charge < -0.3 is 15.3 Å². The first-order chi connectivity index (χ1) is 8.56. The van der Waals surface area contributed by atoms with E-state index in [4.69, 9.17) is 23.2 Å². The van der Waals surface area contributed by atoms with Crippen molar-refractivity contribution >= 4 is 28.9 Å². The van der Waals surface area contributed by atoms with Gasteiger partial charge in [-0.05, 0) is 51.5 Å². The highest BCUT2D eigenvalue weighted by atomic mass is 35.5. The first-order valence-electron chi connectivity index (χ1n) is 6.19. The fourth-order valence-corrected chi connectivity index (χ4v) is 2.76. The molecule has 0 saturated carbocycles. The number of aromatic hydroxyl groups is 1. The van der Waals surface area contributed by atoms with Crippen LogP contribution in [0.3, 0.4) is 0 Å². The number of hydrogen-bond donors (Lipinski definition) is 2. The molecule has 0 spiro atoms. The monoisotopic (exact) mass is 288 g/mol. The summed E-state index contributed by atoms with van der Waals surface area (Å²) in [4.78, 5) is 2.35. The van der Waals surface area contributed by atoms with Crippen LogP contribution in [0.1, 0.15) is 19.3 Å². The van der Waals surface area contributed by atoms with Gasteiger partial charge in [0.05, 0.1) is 10.0 Å². The van der Waals surface area contributed by atoms with Crippen molar-refractivity contribution in [3.63, 3.8) is 0 Å². The lowest BCUT2D eigenvalue weighted by Crippen LogP contribution is -2.22. The molecule has 100 valence electrons. The van der Waals surface area contributed by atoms with Crippen LogP contribution < -0.4 is 5.32 Å². The van der Waals surface area contributed by atoms with E-state index in [0.29, 0.717) is 6.04 Å². The van der Waals surface area contributed by atoms with E-state index in [1.54, 1.807) is 12.1 Å². The highest BCUT2D eigenvalue weighted by Crippen LogP contribution is 2.35. The Hall–Kier alpha value is -0.640. The molecule has 1 aromatic carbocycles. The first kappa shape index (κ1) is 13.8. The van der Waals surface area contributed by atoms with E-state index in [2.05, 4.69) is 17.3 Å². The fourth-order valence-electron chi connectivity index (χ4n) is 2.27. The highest BCUT2D eigenvalue weighted by Gasteiger charge is 2.15. The second-order valence-corrected chi connectivity index (χ2v) is 5.68. The smallest absolute Gasteiger partial charge is 0.152 e. The Morgan fingerprint density at radius 1 is 1.22 bits per heavy atom. The van der Waals surface area contributed by atoms with E-state index in [0.717, 1.165) is 31.6 Å². The minimum atomic E-state index is -0.0514. The zero-order chi connectivity index (χ0) is 13.1. The average Bonchev–Trinajstić information content (AvgIpc) is 2.51. The Morgan fingerprint density at radius 3 is 2.56 bits per heavy atom. The third kappa shape index (κ3) is 3.44. The number of benzene rings is 1. The summed E-state index contributed by atoms with van der Waals surface area (Å²) in [6.07, 6.45) is 3.43. The van der Waals surface area contributed by atoms with Crippen molar-refractivity contribution in [2.45, 2.75) is 25.3 Å². The number of nitrogens with one attached hydrogen (secondary N) is 1. The standard InChI is InChI=1S/C13H18Cl2N2O/c1-17-5-2-3-9(4-6-17)16-10-7-11(14)13(18)12(15)8-10/h7-9,16,18H,2-6H2,1H3. The van der Waals surface area contributed by atoms with Gasteiger partial charge in [0.1, 0.15) is 0 Å². The zero-order valence-electron chi connectivity index (χ0n) is 10.4. The molecule has 1 aliphatic rings. The molecule has 2 N–H and O–H groups in total. The van der Waals surface area contributed by atoms with Gasteiger partial charge in [-0.2, -0.15) is 0 Å². The van der Waals surface area contributed by atoms with Gasteiger partial charge in [-0.15, -0.1) is 0 Å². The van der Waals surface area contributed by atoms with E-state index in [9.17, 15) is 5.11 Å². The molecular weight excluding hydrogens is 271 g/mol. The molecule has 1 unspecified atom stereocenters. The number of halogens is 2. The summed E-state index contributed by atoms with van der Waals surface area (Å²) < 4.78 is 0. The van der Waals surface area contributed by atoms with Crippen LogP contribution in [0.25, 0.3) is 0 Å². The van der Waals surface area contributed by atoms with E-state index < -0.39 is 0 Å². The number of rotatable bonds is 2. The quantitative estimate of drug-likeness (QED) is 0.817. The number of anilines is 1. The first-order valence-corrected chi connectivity index (χ1v) is 6.95. The predicted octanol–water partition coefficient (Wildman–Crippen LogP) is 3.60. The maximum Gasteiger partial charge on any atom is 0.152 e. The maximum absolute atomic E-state index is 9.52. The van der Waals surface area contributed by atoms with Crippen LogP contribution in [0.15, 0.2) is 12.1 Å². The molecule has 1 fully saturated rings. The molecule has 1 atom stereocenters. The molecule has 1 heterocycles. The summed E-state index contributed by atoms with van der Waals surface area (Å²) in [6, 6.07) is 3.88. The molecule has 1 aromatic rings. The molecule has 2 rings (SSSR count). The fraction of sp³-hybridized carbons (Fsp3) is 0.538. The molecule has 5 heteroatoms. The van der Waals surface area contributed by atoms with Crippen LogP contribution in [0.2, 0.25) is 10.0 Å². The number of phenolic OH excluding ortho intramolecular Hbond substituents is 1. The van der Waals surface area contributed by atoms with Crippen LogP contribution in [0.5, 0.6) is 5.75 Å². The van der Waals surface area contributed by atoms with Crippen LogP contribution in [-0.2, 0) is 0 Å². The van der Waals surface area contributed by atoms with Crippen molar-refractivity contribution in [2.24, 2.45) is 0 Å². The van der Waals surface area contributed by atoms with Crippen molar-refractivity contribution in [3.05, 3.63) is 22.2 Å². The van der Waals surface area contributed by atoms with Crippen molar-refractivity contribution in [2.75, 3.05) is 25.5 Å². The van der Waals surface area contributed by atoms with Crippen molar-refractivity contribution in [1.82, 2.24) is 4.90 Å². The van der Waals surface area contributed by atoms with Gasteiger partial charge in [0.25, 0.3) is 0 Å². The molecule has 1 saturated heterocycles. The molecule has 0 bridgehead atoms. The van der Waals surface area contributed by atoms with Crippen LogP contribution >= 0.6 is 23.2 Å². The summed E-state index contributed by atoms with van der Waals surface area (Å²) in [5.41, 5.74) is 0.873. The lowest BCUT2D eigenvalue weighted by molar-refractivity contribution is 0.348. The lowest BCUT2D eigenvalue weighted by Gasteiger charge is -2.18. The number of phenols is 1. The van der Waals surface area contributed by atoms with Crippen LogP contribution in [0.4, 0.5) is 5.69 Å². The molecule has 0 radical (unpaired) electrons. The summed E-state index contributed by atoms with van der Waals surface area (Å²) in [7, 11) is 2.15. The van der Waals surface area contributed by atoms with Gasteiger partial charge in [0.15, 0.2) is 5.75 Å². The Bertz CT molecular complexity index is 402. The third-order valence-corrected chi connectivity index (χ3v) is 3.92. The zero-order valence-corrected chi connectivity index (χ0v) is 11.9. The van der Waals surface area contributed by atoms with Gasteiger partial charge in [-0.3, -0.25) is 0 Å². The van der Waals surface area contributed by atoms with Gasteiger partial charge in [0.2, 0.25) is 0 Å². The molecule has 1 aliphatic heterocycles. The number of hydrogen-bond acceptors (Lipinski definition) is 3. The molecule has 3 nitrogen and oxygen atoms in total. The Morgan fingerprint density at radius 2 is 1.89 bits per heavy atom. The largest absolute Gasteiger partial charge is 0.505 e. The molecule has 18 heavy (non-hydrogen) atoms. The Balaban J connectivity index is 2.05.